The molecule has 4 heteroatoms. The maximum atomic E-state index is 11.0. The standard InChI is InChI=1S/C12H15ClO3/c1-8-4-5-10(13)11(6-8)16-9(2)7-12(14)15-3/h4-6,9H,7H2,1-3H3. The molecule has 0 saturated carbocycles. The summed E-state index contributed by atoms with van der Waals surface area (Å²) in [5.41, 5.74) is 1.06. The molecular weight excluding hydrogens is 228 g/mol. The molecule has 0 heterocycles. The lowest BCUT2D eigenvalue weighted by Crippen LogP contribution is -2.18. The van der Waals surface area contributed by atoms with Gasteiger partial charge in [-0.3, -0.25) is 4.79 Å². The minimum atomic E-state index is -0.295. The lowest BCUT2D eigenvalue weighted by atomic mass is 10.2. The molecule has 0 radical (unpaired) electrons. The van der Waals surface area contributed by atoms with Gasteiger partial charge in [0.05, 0.1) is 18.6 Å². The second-order valence-electron chi connectivity index (χ2n) is 3.64. The Labute approximate surface area is 100 Å². The molecule has 0 spiro atoms. The molecule has 1 atom stereocenters. The molecule has 0 N–H and O–H groups in total. The van der Waals surface area contributed by atoms with E-state index < -0.39 is 0 Å². The smallest absolute Gasteiger partial charge is 0.309 e. The van der Waals surface area contributed by atoms with Crippen molar-refractivity contribution in [2.45, 2.75) is 26.4 Å². The van der Waals surface area contributed by atoms with E-state index in [-0.39, 0.29) is 18.5 Å². The average Bonchev–Trinajstić information content (AvgIpc) is 2.23. The van der Waals surface area contributed by atoms with Crippen LogP contribution in [0.5, 0.6) is 5.75 Å². The summed E-state index contributed by atoms with van der Waals surface area (Å²) in [5.74, 6) is 0.300. The van der Waals surface area contributed by atoms with Crippen LogP contribution < -0.4 is 4.74 Å². The van der Waals surface area contributed by atoms with E-state index in [1.54, 1.807) is 13.0 Å². The quantitative estimate of drug-likeness (QED) is 0.762. The lowest BCUT2D eigenvalue weighted by Gasteiger charge is -2.15. The zero-order chi connectivity index (χ0) is 12.1. The Morgan fingerprint density at radius 1 is 1.50 bits per heavy atom. The Morgan fingerprint density at radius 3 is 2.81 bits per heavy atom. The van der Waals surface area contributed by atoms with Crippen molar-refractivity contribution in [2.75, 3.05) is 7.11 Å². The predicted octanol–water partition coefficient (Wildman–Crippen LogP) is 2.98. The van der Waals surface area contributed by atoms with Crippen molar-refractivity contribution in [3.63, 3.8) is 0 Å². The van der Waals surface area contributed by atoms with Gasteiger partial charge in [0.25, 0.3) is 0 Å². The molecule has 1 unspecified atom stereocenters. The molecule has 0 aromatic heterocycles. The van der Waals surface area contributed by atoms with E-state index in [0.717, 1.165) is 5.56 Å². The Bertz CT molecular complexity index is 377. The van der Waals surface area contributed by atoms with Crippen molar-refractivity contribution in [1.29, 1.82) is 0 Å². The molecule has 0 saturated heterocycles. The summed E-state index contributed by atoms with van der Waals surface area (Å²) < 4.78 is 10.1. The number of methoxy groups -OCH3 is 1. The third-order valence-electron chi connectivity index (χ3n) is 2.10. The Hall–Kier alpha value is -1.22. The molecule has 1 aromatic rings. The van der Waals surface area contributed by atoms with Crippen LogP contribution in [0.15, 0.2) is 18.2 Å². The highest BCUT2D eigenvalue weighted by Gasteiger charge is 2.12. The van der Waals surface area contributed by atoms with Crippen LogP contribution in [-0.4, -0.2) is 19.2 Å². The van der Waals surface area contributed by atoms with Gasteiger partial charge in [-0.15, -0.1) is 0 Å². The Balaban J connectivity index is 2.65. The summed E-state index contributed by atoms with van der Waals surface area (Å²) in [6.07, 6.45) is -0.0485. The molecule has 16 heavy (non-hydrogen) atoms. The van der Waals surface area contributed by atoms with Crippen molar-refractivity contribution in [3.05, 3.63) is 28.8 Å². The van der Waals surface area contributed by atoms with Crippen LogP contribution in [0.1, 0.15) is 18.9 Å². The third kappa shape index (κ3) is 3.74. The van der Waals surface area contributed by atoms with Gasteiger partial charge >= 0.3 is 5.97 Å². The van der Waals surface area contributed by atoms with Gasteiger partial charge in [0.15, 0.2) is 0 Å². The van der Waals surface area contributed by atoms with Crippen molar-refractivity contribution < 1.29 is 14.3 Å². The van der Waals surface area contributed by atoms with Crippen molar-refractivity contribution in [2.24, 2.45) is 0 Å². The minimum Gasteiger partial charge on any atom is -0.489 e. The summed E-state index contributed by atoms with van der Waals surface area (Å²) >= 11 is 5.97. The van der Waals surface area contributed by atoms with E-state index in [1.807, 2.05) is 19.1 Å². The first-order valence-corrected chi connectivity index (χ1v) is 5.40. The summed E-state index contributed by atoms with van der Waals surface area (Å²) in [6.45, 7) is 3.75. The number of rotatable bonds is 4. The van der Waals surface area contributed by atoms with Gasteiger partial charge in [0.2, 0.25) is 0 Å². The molecule has 0 fully saturated rings. The number of ether oxygens (including phenoxy) is 2. The molecule has 88 valence electrons. The predicted molar refractivity (Wildman–Crippen MR) is 62.9 cm³/mol. The number of carbonyl (C=O) groups excluding carboxylic acids is 1. The number of halogens is 1. The van der Waals surface area contributed by atoms with Gasteiger partial charge in [0, 0.05) is 0 Å². The Morgan fingerprint density at radius 2 is 2.19 bits per heavy atom. The van der Waals surface area contributed by atoms with E-state index in [9.17, 15) is 4.79 Å². The SMILES string of the molecule is COC(=O)CC(C)Oc1cc(C)ccc1Cl. The first-order chi connectivity index (χ1) is 7.52. The fourth-order valence-electron chi connectivity index (χ4n) is 1.28. The lowest BCUT2D eigenvalue weighted by molar-refractivity contribution is -0.142. The van der Waals surface area contributed by atoms with Crippen molar-refractivity contribution in [1.82, 2.24) is 0 Å². The van der Waals surface area contributed by atoms with Crippen LogP contribution >= 0.6 is 11.6 Å². The number of esters is 1. The molecule has 1 aromatic carbocycles. The zero-order valence-corrected chi connectivity index (χ0v) is 10.4. The van der Waals surface area contributed by atoms with E-state index in [0.29, 0.717) is 10.8 Å². The fourth-order valence-corrected chi connectivity index (χ4v) is 1.44. The zero-order valence-electron chi connectivity index (χ0n) is 9.62. The fraction of sp³-hybridized carbons (Fsp3) is 0.417. The summed E-state index contributed by atoms with van der Waals surface area (Å²) in [4.78, 5) is 11.0. The summed E-state index contributed by atoms with van der Waals surface area (Å²) in [5, 5.41) is 0.544. The normalized spacial score (nSPS) is 12.0. The van der Waals surface area contributed by atoms with E-state index in [2.05, 4.69) is 4.74 Å². The van der Waals surface area contributed by atoms with Gasteiger partial charge in [-0.25, -0.2) is 0 Å². The van der Waals surface area contributed by atoms with E-state index >= 15 is 0 Å². The maximum absolute atomic E-state index is 11.0. The van der Waals surface area contributed by atoms with E-state index in [1.165, 1.54) is 7.11 Å². The Kier molecular flexibility index (Phi) is 4.62. The van der Waals surface area contributed by atoms with E-state index in [4.69, 9.17) is 16.3 Å². The molecular formula is C12H15ClO3. The summed E-state index contributed by atoms with van der Waals surface area (Å²) in [6, 6.07) is 5.52. The van der Waals surface area contributed by atoms with Crippen LogP contribution in [0, 0.1) is 6.92 Å². The number of hydrogen-bond acceptors (Lipinski definition) is 3. The monoisotopic (exact) mass is 242 g/mol. The molecule has 0 amide bonds. The van der Waals surface area contributed by atoms with Crippen molar-refractivity contribution >= 4 is 17.6 Å². The molecule has 0 aliphatic heterocycles. The van der Waals surface area contributed by atoms with Crippen molar-refractivity contribution in [3.8, 4) is 5.75 Å². The number of aryl methyl sites for hydroxylation is 1. The number of benzene rings is 1. The van der Waals surface area contributed by atoms with Crippen LogP contribution in [0.4, 0.5) is 0 Å². The third-order valence-corrected chi connectivity index (χ3v) is 2.41. The minimum absolute atomic E-state index is 0.209. The first kappa shape index (κ1) is 12.8. The maximum Gasteiger partial charge on any atom is 0.309 e. The topological polar surface area (TPSA) is 35.5 Å². The number of carbonyl (C=O) groups is 1. The second-order valence-corrected chi connectivity index (χ2v) is 4.05. The first-order valence-electron chi connectivity index (χ1n) is 5.02. The van der Waals surface area contributed by atoms with Gasteiger partial charge in [-0.05, 0) is 31.5 Å². The summed E-state index contributed by atoms with van der Waals surface area (Å²) in [7, 11) is 1.36. The van der Waals surface area contributed by atoms with Crippen LogP contribution in [0.2, 0.25) is 5.02 Å². The van der Waals surface area contributed by atoms with Gasteiger partial charge < -0.3 is 9.47 Å². The van der Waals surface area contributed by atoms with Crippen LogP contribution in [0.25, 0.3) is 0 Å². The van der Waals surface area contributed by atoms with Crippen LogP contribution in [0.3, 0.4) is 0 Å². The molecule has 0 aliphatic carbocycles. The second kappa shape index (κ2) is 5.75. The average molecular weight is 243 g/mol. The highest BCUT2D eigenvalue weighted by Crippen LogP contribution is 2.26. The van der Waals surface area contributed by atoms with Crippen LogP contribution in [-0.2, 0) is 9.53 Å². The van der Waals surface area contributed by atoms with Gasteiger partial charge in [0.1, 0.15) is 11.9 Å². The van der Waals surface area contributed by atoms with Gasteiger partial charge in [-0.1, -0.05) is 17.7 Å². The highest BCUT2D eigenvalue weighted by molar-refractivity contribution is 6.32. The van der Waals surface area contributed by atoms with Gasteiger partial charge in [-0.2, -0.15) is 0 Å². The molecule has 3 nitrogen and oxygen atoms in total. The molecule has 1 rings (SSSR count). The molecule has 0 bridgehead atoms. The number of hydrogen-bond donors (Lipinski definition) is 0. The molecule has 0 aliphatic rings. The highest BCUT2D eigenvalue weighted by atomic mass is 35.5. The largest absolute Gasteiger partial charge is 0.489 e.